The highest BCUT2D eigenvalue weighted by Gasteiger charge is 2.66. The molecular weight excluding hydrogens is 184 g/mol. The van der Waals surface area contributed by atoms with Crippen molar-refractivity contribution in [2.75, 3.05) is 0 Å². The minimum atomic E-state index is 0.389. The second-order valence-electron chi connectivity index (χ2n) is 5.79. The summed E-state index contributed by atoms with van der Waals surface area (Å²) < 4.78 is 0. The number of hydrogen-bond donors (Lipinski definition) is 2. The Morgan fingerprint density at radius 3 is 2.20 bits per heavy atom. The Morgan fingerprint density at radius 2 is 1.87 bits per heavy atom. The highest BCUT2D eigenvalue weighted by atomic mass is 15.2. The highest BCUT2D eigenvalue weighted by Crippen LogP contribution is 2.69. The molecule has 3 N–H and O–H groups in total. The third-order valence-electron chi connectivity index (χ3n) is 4.59. The van der Waals surface area contributed by atoms with Crippen molar-refractivity contribution in [3.8, 4) is 12.3 Å². The van der Waals surface area contributed by atoms with Gasteiger partial charge in [0.05, 0.1) is 0 Å². The van der Waals surface area contributed by atoms with E-state index in [9.17, 15) is 0 Å². The molecule has 1 atom stereocenters. The van der Waals surface area contributed by atoms with Crippen molar-refractivity contribution in [3.05, 3.63) is 0 Å². The number of hydrazine groups is 1. The molecule has 0 aromatic rings. The van der Waals surface area contributed by atoms with Crippen LogP contribution in [0.2, 0.25) is 0 Å². The van der Waals surface area contributed by atoms with E-state index < -0.39 is 0 Å². The summed E-state index contributed by atoms with van der Waals surface area (Å²) in [5.74, 6) is 8.98. The van der Waals surface area contributed by atoms with E-state index in [1.54, 1.807) is 0 Å². The van der Waals surface area contributed by atoms with Crippen LogP contribution in [0.1, 0.15) is 47.0 Å². The maximum Gasteiger partial charge on any atom is 0.0249 e. The van der Waals surface area contributed by atoms with E-state index in [2.05, 4.69) is 39.0 Å². The number of rotatable bonds is 5. The van der Waals surface area contributed by atoms with Crippen LogP contribution in [-0.4, -0.2) is 6.04 Å². The zero-order valence-electron chi connectivity index (χ0n) is 10.4. The molecule has 1 fully saturated rings. The van der Waals surface area contributed by atoms with Crippen LogP contribution in [0.15, 0.2) is 0 Å². The second kappa shape index (κ2) is 4.15. The summed E-state index contributed by atoms with van der Waals surface area (Å²) in [4.78, 5) is 0. The van der Waals surface area contributed by atoms with Crippen LogP contribution in [-0.2, 0) is 0 Å². The van der Waals surface area contributed by atoms with E-state index in [1.807, 2.05) is 0 Å². The fourth-order valence-electron chi connectivity index (χ4n) is 3.02. The van der Waals surface area contributed by atoms with Crippen LogP contribution in [0.4, 0.5) is 0 Å². The van der Waals surface area contributed by atoms with Gasteiger partial charge >= 0.3 is 0 Å². The first kappa shape index (κ1) is 12.5. The first-order chi connectivity index (χ1) is 6.89. The molecular formula is C13H24N2. The summed E-state index contributed by atoms with van der Waals surface area (Å²) in [5.41, 5.74) is 3.74. The molecule has 2 nitrogen and oxygen atoms in total. The lowest BCUT2D eigenvalue weighted by Crippen LogP contribution is -2.38. The molecule has 0 spiro atoms. The molecule has 0 heterocycles. The van der Waals surface area contributed by atoms with E-state index in [1.165, 1.54) is 0 Å². The van der Waals surface area contributed by atoms with E-state index in [0.29, 0.717) is 22.8 Å². The first-order valence-corrected chi connectivity index (χ1v) is 5.79. The molecule has 1 aliphatic carbocycles. The van der Waals surface area contributed by atoms with E-state index in [4.69, 9.17) is 12.3 Å². The van der Waals surface area contributed by atoms with Gasteiger partial charge in [-0.2, -0.15) is 0 Å². The molecule has 0 aromatic heterocycles. The van der Waals surface area contributed by atoms with Crippen molar-refractivity contribution in [3.63, 3.8) is 0 Å². The lowest BCUT2D eigenvalue weighted by molar-refractivity contribution is 0.377. The largest absolute Gasteiger partial charge is 0.271 e. The number of hydrogen-bond acceptors (Lipinski definition) is 2. The van der Waals surface area contributed by atoms with Gasteiger partial charge in [0.15, 0.2) is 0 Å². The molecule has 0 saturated heterocycles. The topological polar surface area (TPSA) is 38.0 Å². The summed E-state index contributed by atoms with van der Waals surface area (Å²) in [6.07, 6.45) is 8.25. The Balaban J connectivity index is 2.52. The van der Waals surface area contributed by atoms with Gasteiger partial charge in [0.25, 0.3) is 0 Å². The summed E-state index contributed by atoms with van der Waals surface area (Å²) in [5, 5.41) is 0. The Bertz CT molecular complexity index is 246. The van der Waals surface area contributed by atoms with E-state index in [-0.39, 0.29) is 0 Å². The molecule has 0 aliphatic heterocycles. The van der Waals surface area contributed by atoms with Gasteiger partial charge in [0.1, 0.15) is 0 Å². The standard InChI is InChI=1S/C13H24N2/c1-6-7-8-9-10(15-14)11-12(2,3)13(11,4)5/h1,10-11,15H,7-9,14H2,2-5H3. The monoisotopic (exact) mass is 208 g/mol. The third-order valence-corrected chi connectivity index (χ3v) is 4.59. The van der Waals surface area contributed by atoms with Crippen molar-refractivity contribution < 1.29 is 0 Å². The molecule has 0 aromatic carbocycles. The summed E-state index contributed by atoms with van der Waals surface area (Å²) >= 11 is 0. The van der Waals surface area contributed by atoms with Gasteiger partial charge in [0, 0.05) is 12.5 Å². The zero-order valence-corrected chi connectivity index (χ0v) is 10.4. The number of nitrogens with two attached hydrogens (primary N) is 1. The molecule has 86 valence electrons. The molecule has 2 heteroatoms. The van der Waals surface area contributed by atoms with E-state index >= 15 is 0 Å². The number of unbranched alkanes of at least 4 members (excludes halogenated alkanes) is 1. The Labute approximate surface area is 94.0 Å². The molecule has 0 amide bonds. The predicted octanol–water partition coefficient (Wildman–Crippen LogP) is 2.30. The third kappa shape index (κ3) is 2.04. The predicted molar refractivity (Wildman–Crippen MR) is 64.8 cm³/mol. The van der Waals surface area contributed by atoms with Gasteiger partial charge < -0.3 is 0 Å². The van der Waals surface area contributed by atoms with E-state index in [0.717, 1.165) is 19.3 Å². The van der Waals surface area contributed by atoms with Crippen LogP contribution in [0.25, 0.3) is 0 Å². The van der Waals surface area contributed by atoms with Crippen molar-refractivity contribution >= 4 is 0 Å². The van der Waals surface area contributed by atoms with Gasteiger partial charge in [-0.25, -0.2) is 0 Å². The van der Waals surface area contributed by atoms with Gasteiger partial charge in [-0.15, -0.1) is 12.3 Å². The second-order valence-corrected chi connectivity index (χ2v) is 5.79. The number of terminal acetylenes is 1. The van der Waals surface area contributed by atoms with Gasteiger partial charge in [-0.3, -0.25) is 11.3 Å². The average molecular weight is 208 g/mol. The van der Waals surface area contributed by atoms with Crippen molar-refractivity contribution in [2.24, 2.45) is 22.6 Å². The maximum atomic E-state index is 5.64. The minimum Gasteiger partial charge on any atom is -0.271 e. The molecule has 15 heavy (non-hydrogen) atoms. The van der Waals surface area contributed by atoms with Gasteiger partial charge in [0.2, 0.25) is 0 Å². The van der Waals surface area contributed by atoms with Crippen LogP contribution in [0.3, 0.4) is 0 Å². The normalized spacial score (nSPS) is 24.5. The maximum absolute atomic E-state index is 5.64. The Morgan fingerprint density at radius 1 is 1.33 bits per heavy atom. The first-order valence-electron chi connectivity index (χ1n) is 5.79. The highest BCUT2D eigenvalue weighted by molar-refractivity contribution is 5.15. The molecule has 1 saturated carbocycles. The summed E-state index contributed by atoms with van der Waals surface area (Å²) in [7, 11) is 0. The molecule has 0 radical (unpaired) electrons. The fraction of sp³-hybridized carbons (Fsp3) is 0.846. The van der Waals surface area contributed by atoms with Gasteiger partial charge in [-0.05, 0) is 29.6 Å². The van der Waals surface area contributed by atoms with Crippen LogP contribution >= 0.6 is 0 Å². The zero-order chi connectivity index (χ0) is 11.7. The summed E-state index contributed by atoms with van der Waals surface area (Å²) in [6.45, 7) is 9.29. The molecule has 1 unspecified atom stereocenters. The van der Waals surface area contributed by atoms with Crippen LogP contribution < -0.4 is 11.3 Å². The molecule has 0 bridgehead atoms. The molecule has 1 rings (SSSR count). The molecule has 1 aliphatic rings. The van der Waals surface area contributed by atoms with Crippen molar-refractivity contribution in [2.45, 2.75) is 53.0 Å². The lowest BCUT2D eigenvalue weighted by Gasteiger charge is -2.17. The van der Waals surface area contributed by atoms with Crippen molar-refractivity contribution in [1.29, 1.82) is 0 Å². The average Bonchev–Trinajstić information content (AvgIpc) is 2.54. The Kier molecular flexibility index (Phi) is 3.48. The number of nitrogens with one attached hydrogen (secondary N) is 1. The minimum absolute atomic E-state index is 0.389. The smallest absolute Gasteiger partial charge is 0.0249 e. The SMILES string of the molecule is C#CCCCC(NN)C1C(C)(C)C1(C)C. The Hall–Kier alpha value is -0.520. The van der Waals surface area contributed by atoms with Gasteiger partial charge in [-0.1, -0.05) is 27.7 Å². The van der Waals surface area contributed by atoms with Crippen LogP contribution in [0.5, 0.6) is 0 Å². The lowest BCUT2D eigenvalue weighted by atomic mass is 9.99. The van der Waals surface area contributed by atoms with Crippen molar-refractivity contribution in [1.82, 2.24) is 5.43 Å². The summed E-state index contributed by atoms with van der Waals surface area (Å²) in [6, 6.07) is 0.406. The van der Waals surface area contributed by atoms with Crippen LogP contribution in [0, 0.1) is 29.1 Å². The quantitative estimate of drug-likeness (QED) is 0.315. The fourth-order valence-corrected chi connectivity index (χ4v) is 3.02.